The van der Waals surface area contributed by atoms with Gasteiger partial charge in [-0.2, -0.15) is 0 Å². The van der Waals surface area contributed by atoms with Gasteiger partial charge in [0, 0.05) is 5.02 Å². The Morgan fingerprint density at radius 2 is 1.71 bits per heavy atom. The molecule has 0 saturated carbocycles. The molecular weight excluding hydrogens is 347 g/mol. The van der Waals surface area contributed by atoms with Crippen LogP contribution in [0.1, 0.15) is 6.92 Å². The number of carbonyl (C=O) groups is 1. The third-order valence-corrected chi connectivity index (χ3v) is 4.00. The third kappa shape index (κ3) is 3.81. The Hall–Kier alpha value is -2.23. The molecule has 0 unspecified atom stereocenters. The summed E-state index contributed by atoms with van der Waals surface area (Å²) < 4.78 is 10.9. The molecule has 0 fully saturated rings. The zero-order valence-corrected chi connectivity index (χ0v) is 14.3. The van der Waals surface area contributed by atoms with Crippen LogP contribution in [0, 0.1) is 0 Å². The minimum absolute atomic E-state index is 0.341. The lowest BCUT2D eigenvalue weighted by molar-refractivity contribution is -0.141. The van der Waals surface area contributed by atoms with Crippen molar-refractivity contribution in [3.8, 4) is 11.5 Å². The Bertz CT molecular complexity index is 893. The normalized spacial score (nSPS) is 12.0. The van der Waals surface area contributed by atoms with E-state index in [0.717, 1.165) is 10.8 Å². The van der Waals surface area contributed by atoms with E-state index in [1.165, 1.54) is 0 Å². The lowest BCUT2D eigenvalue weighted by atomic mass is 10.1. The van der Waals surface area contributed by atoms with Gasteiger partial charge in [0.25, 0.3) is 0 Å². The Balaban J connectivity index is 1.70. The summed E-state index contributed by atoms with van der Waals surface area (Å²) in [5.41, 5.74) is 0. The maximum Gasteiger partial charge on any atom is 0.352 e. The van der Waals surface area contributed by atoms with Crippen molar-refractivity contribution in [3.05, 3.63) is 70.7 Å². The zero-order chi connectivity index (χ0) is 17.1. The van der Waals surface area contributed by atoms with Gasteiger partial charge in [-0.05, 0) is 48.0 Å². The number of hydrogen-bond donors (Lipinski definition) is 0. The Kier molecular flexibility index (Phi) is 4.93. The van der Waals surface area contributed by atoms with Gasteiger partial charge in [-0.25, -0.2) is 4.79 Å². The molecule has 0 aliphatic carbocycles. The van der Waals surface area contributed by atoms with E-state index in [-0.39, 0.29) is 0 Å². The molecule has 3 aromatic rings. The molecule has 0 aromatic heterocycles. The number of ether oxygens (including phenoxy) is 2. The van der Waals surface area contributed by atoms with Crippen LogP contribution in [0.25, 0.3) is 10.8 Å². The number of halogens is 2. The smallest absolute Gasteiger partial charge is 0.352 e. The first-order chi connectivity index (χ1) is 11.5. The van der Waals surface area contributed by atoms with E-state index >= 15 is 0 Å². The molecule has 0 heterocycles. The van der Waals surface area contributed by atoms with Crippen molar-refractivity contribution in [1.29, 1.82) is 0 Å². The molecule has 3 rings (SSSR count). The van der Waals surface area contributed by atoms with E-state index in [1.807, 2.05) is 36.4 Å². The minimum Gasteiger partial charge on any atom is -0.477 e. The second-order valence-electron chi connectivity index (χ2n) is 5.26. The first-order valence-corrected chi connectivity index (χ1v) is 8.11. The Morgan fingerprint density at radius 1 is 0.958 bits per heavy atom. The maximum absolute atomic E-state index is 12.2. The van der Waals surface area contributed by atoms with Crippen molar-refractivity contribution in [1.82, 2.24) is 0 Å². The van der Waals surface area contributed by atoms with Crippen LogP contribution < -0.4 is 9.47 Å². The fraction of sp³-hybridized carbons (Fsp3) is 0.105. The van der Waals surface area contributed by atoms with Crippen molar-refractivity contribution in [3.63, 3.8) is 0 Å². The third-order valence-electron chi connectivity index (χ3n) is 3.47. The predicted molar refractivity (Wildman–Crippen MR) is 96.1 cm³/mol. The molecular formula is C19H14Cl2O3. The summed E-state index contributed by atoms with van der Waals surface area (Å²) in [7, 11) is 0. The summed E-state index contributed by atoms with van der Waals surface area (Å²) in [5, 5.41) is 2.92. The zero-order valence-electron chi connectivity index (χ0n) is 12.8. The molecule has 0 radical (unpaired) electrons. The van der Waals surface area contributed by atoms with E-state index < -0.39 is 12.1 Å². The second-order valence-corrected chi connectivity index (χ2v) is 6.11. The van der Waals surface area contributed by atoms with Gasteiger partial charge in [0.15, 0.2) is 6.10 Å². The Labute approximate surface area is 149 Å². The van der Waals surface area contributed by atoms with E-state index in [9.17, 15) is 4.79 Å². The van der Waals surface area contributed by atoms with Gasteiger partial charge in [0.05, 0.1) is 5.02 Å². The molecule has 3 aromatic carbocycles. The number of hydrogen-bond acceptors (Lipinski definition) is 3. The van der Waals surface area contributed by atoms with Gasteiger partial charge in [-0.15, -0.1) is 0 Å². The molecule has 0 spiro atoms. The first-order valence-electron chi connectivity index (χ1n) is 7.35. The highest BCUT2D eigenvalue weighted by atomic mass is 35.5. The lowest BCUT2D eigenvalue weighted by Gasteiger charge is -2.15. The van der Waals surface area contributed by atoms with Gasteiger partial charge < -0.3 is 9.47 Å². The average Bonchev–Trinajstić information content (AvgIpc) is 2.57. The molecule has 0 aliphatic heterocycles. The summed E-state index contributed by atoms with van der Waals surface area (Å²) in [6.45, 7) is 1.61. The van der Waals surface area contributed by atoms with Crippen LogP contribution in [-0.2, 0) is 4.79 Å². The standard InChI is InChI=1S/C19H14Cl2O3/c1-12(23-18-9-7-15(20)11-17(18)21)19(22)24-16-8-6-13-4-2-3-5-14(13)10-16/h2-12H,1H3/t12-/m0/s1. The highest BCUT2D eigenvalue weighted by Crippen LogP contribution is 2.28. The van der Waals surface area contributed by atoms with E-state index in [4.69, 9.17) is 32.7 Å². The van der Waals surface area contributed by atoms with Gasteiger partial charge in [-0.1, -0.05) is 53.5 Å². The van der Waals surface area contributed by atoms with Crippen molar-refractivity contribution < 1.29 is 14.3 Å². The highest BCUT2D eigenvalue weighted by molar-refractivity contribution is 6.35. The van der Waals surface area contributed by atoms with Gasteiger partial charge in [-0.3, -0.25) is 0 Å². The summed E-state index contributed by atoms with van der Waals surface area (Å²) in [5.74, 6) is 0.344. The monoisotopic (exact) mass is 360 g/mol. The molecule has 0 bridgehead atoms. The van der Waals surface area contributed by atoms with Crippen LogP contribution in [0.15, 0.2) is 60.7 Å². The van der Waals surface area contributed by atoms with Crippen LogP contribution in [0.4, 0.5) is 0 Å². The highest BCUT2D eigenvalue weighted by Gasteiger charge is 2.18. The lowest BCUT2D eigenvalue weighted by Crippen LogP contribution is -2.28. The van der Waals surface area contributed by atoms with Crippen LogP contribution in [0.5, 0.6) is 11.5 Å². The number of carbonyl (C=O) groups excluding carboxylic acids is 1. The number of benzene rings is 3. The van der Waals surface area contributed by atoms with Gasteiger partial charge >= 0.3 is 5.97 Å². The van der Waals surface area contributed by atoms with Crippen LogP contribution in [-0.4, -0.2) is 12.1 Å². The number of rotatable bonds is 4. The minimum atomic E-state index is -0.810. The maximum atomic E-state index is 12.2. The van der Waals surface area contributed by atoms with Gasteiger partial charge in [0.2, 0.25) is 0 Å². The fourth-order valence-corrected chi connectivity index (χ4v) is 2.69. The molecule has 1 atom stereocenters. The predicted octanol–water partition coefficient (Wildman–Crippen LogP) is 5.52. The summed E-state index contributed by atoms with van der Waals surface area (Å²) in [6.07, 6.45) is -0.810. The molecule has 5 heteroatoms. The fourth-order valence-electron chi connectivity index (χ4n) is 2.24. The average molecular weight is 361 g/mol. The van der Waals surface area contributed by atoms with Crippen molar-refractivity contribution in [2.45, 2.75) is 13.0 Å². The number of esters is 1. The number of fused-ring (bicyclic) bond motifs is 1. The van der Waals surface area contributed by atoms with E-state index in [1.54, 1.807) is 31.2 Å². The molecule has 0 aliphatic rings. The van der Waals surface area contributed by atoms with Crippen molar-refractivity contribution in [2.24, 2.45) is 0 Å². The molecule has 0 amide bonds. The largest absolute Gasteiger partial charge is 0.477 e. The topological polar surface area (TPSA) is 35.5 Å². The molecule has 122 valence electrons. The summed E-state index contributed by atoms with van der Waals surface area (Å²) >= 11 is 11.9. The quantitative estimate of drug-likeness (QED) is 0.453. The van der Waals surface area contributed by atoms with Gasteiger partial charge in [0.1, 0.15) is 11.5 Å². The SMILES string of the molecule is C[C@H](Oc1ccc(Cl)cc1Cl)C(=O)Oc1ccc2ccccc2c1. The second kappa shape index (κ2) is 7.12. The Morgan fingerprint density at radius 3 is 2.46 bits per heavy atom. The van der Waals surface area contributed by atoms with Crippen LogP contribution in [0.2, 0.25) is 10.0 Å². The van der Waals surface area contributed by atoms with E-state index in [2.05, 4.69) is 0 Å². The molecule has 24 heavy (non-hydrogen) atoms. The van der Waals surface area contributed by atoms with Crippen molar-refractivity contribution >= 4 is 39.9 Å². The molecule has 3 nitrogen and oxygen atoms in total. The van der Waals surface area contributed by atoms with Crippen LogP contribution >= 0.6 is 23.2 Å². The molecule has 0 N–H and O–H groups in total. The molecule has 0 saturated heterocycles. The van der Waals surface area contributed by atoms with E-state index in [0.29, 0.717) is 21.5 Å². The summed E-state index contributed by atoms with van der Waals surface area (Å²) in [4.78, 5) is 12.2. The van der Waals surface area contributed by atoms with Crippen molar-refractivity contribution in [2.75, 3.05) is 0 Å². The first kappa shape index (κ1) is 16.6. The van der Waals surface area contributed by atoms with Crippen LogP contribution in [0.3, 0.4) is 0 Å². The summed E-state index contributed by atoms with van der Waals surface area (Å²) in [6, 6.07) is 18.1.